The highest BCUT2D eigenvalue weighted by Gasteiger charge is 2.23. The molecule has 0 spiro atoms. The number of nitrogens with one attached hydrogen (secondary N) is 1. The molecular formula is C13H19BrN2O4S. The average molecular weight is 379 g/mol. The van der Waals surface area contributed by atoms with Crippen LogP contribution in [0, 0.1) is 0 Å². The maximum Gasteiger partial charge on any atom is 0.243 e. The summed E-state index contributed by atoms with van der Waals surface area (Å²) in [6.07, 6.45) is 0. The van der Waals surface area contributed by atoms with Gasteiger partial charge in [-0.3, -0.25) is 4.79 Å². The predicted molar refractivity (Wildman–Crippen MR) is 83.4 cm³/mol. The molecule has 1 atom stereocenters. The van der Waals surface area contributed by atoms with Gasteiger partial charge in [-0.15, -0.1) is 0 Å². The van der Waals surface area contributed by atoms with Crippen LogP contribution >= 0.6 is 15.9 Å². The fourth-order valence-electron chi connectivity index (χ4n) is 1.69. The van der Waals surface area contributed by atoms with Crippen molar-refractivity contribution in [3.05, 3.63) is 28.7 Å². The largest absolute Gasteiger partial charge is 0.383 e. The summed E-state index contributed by atoms with van der Waals surface area (Å²) in [6, 6.07) is 6.08. The lowest BCUT2D eigenvalue weighted by Crippen LogP contribution is -2.43. The van der Waals surface area contributed by atoms with Crippen molar-refractivity contribution in [2.24, 2.45) is 0 Å². The molecule has 0 fully saturated rings. The van der Waals surface area contributed by atoms with E-state index in [-0.39, 0.29) is 23.4 Å². The van der Waals surface area contributed by atoms with Crippen molar-refractivity contribution < 1.29 is 17.9 Å². The zero-order chi connectivity index (χ0) is 16.0. The van der Waals surface area contributed by atoms with Crippen molar-refractivity contribution in [1.29, 1.82) is 0 Å². The Labute approximate surface area is 133 Å². The number of nitrogens with zero attached hydrogens (tertiary/aromatic N) is 1. The number of methoxy groups -OCH3 is 1. The maximum absolute atomic E-state index is 12.3. The van der Waals surface area contributed by atoms with Gasteiger partial charge >= 0.3 is 0 Å². The highest BCUT2D eigenvalue weighted by molar-refractivity contribution is 9.10. The fraction of sp³-hybridized carbons (Fsp3) is 0.462. The van der Waals surface area contributed by atoms with E-state index in [9.17, 15) is 13.2 Å². The summed E-state index contributed by atoms with van der Waals surface area (Å²) in [6.45, 7) is 1.91. The molecule has 0 aromatic heterocycles. The molecule has 118 valence electrons. The van der Waals surface area contributed by atoms with E-state index in [1.54, 1.807) is 19.1 Å². The summed E-state index contributed by atoms with van der Waals surface area (Å²) >= 11 is 3.25. The standard InChI is InChI=1S/C13H19BrN2O4S/c1-10(9-20-3)15-13(17)8-16(2)21(18,19)12-6-4-11(14)5-7-12/h4-7,10H,8-9H2,1-3H3,(H,15,17)/t10-/m1/s1. The number of likely N-dealkylation sites (N-methyl/N-ethyl adjacent to an activating group) is 1. The van der Waals surface area contributed by atoms with Gasteiger partial charge in [0, 0.05) is 24.7 Å². The van der Waals surface area contributed by atoms with E-state index < -0.39 is 10.0 Å². The minimum Gasteiger partial charge on any atom is -0.383 e. The minimum atomic E-state index is -3.68. The molecule has 0 saturated heterocycles. The Bertz CT molecular complexity index is 574. The molecule has 0 bridgehead atoms. The third kappa shape index (κ3) is 5.39. The number of carbonyl (C=O) groups is 1. The molecule has 8 heteroatoms. The number of hydrogen-bond acceptors (Lipinski definition) is 4. The minimum absolute atomic E-state index is 0.144. The average Bonchev–Trinajstić information content (AvgIpc) is 2.39. The monoisotopic (exact) mass is 378 g/mol. The molecule has 1 aromatic carbocycles. The molecule has 0 aliphatic carbocycles. The number of sulfonamides is 1. The highest BCUT2D eigenvalue weighted by atomic mass is 79.9. The van der Waals surface area contributed by atoms with Crippen LogP contribution in [0.3, 0.4) is 0 Å². The van der Waals surface area contributed by atoms with Crippen molar-refractivity contribution in [2.75, 3.05) is 27.3 Å². The van der Waals surface area contributed by atoms with Crippen LogP contribution in [0.4, 0.5) is 0 Å². The number of hydrogen-bond donors (Lipinski definition) is 1. The molecule has 0 saturated carbocycles. The molecule has 0 unspecified atom stereocenters. The van der Waals surface area contributed by atoms with Crippen LogP contribution in [0.1, 0.15) is 6.92 Å². The molecule has 21 heavy (non-hydrogen) atoms. The second-order valence-corrected chi connectivity index (χ2v) is 7.60. The smallest absolute Gasteiger partial charge is 0.243 e. The third-order valence-electron chi connectivity index (χ3n) is 2.71. The van der Waals surface area contributed by atoms with Crippen molar-refractivity contribution >= 4 is 31.9 Å². The molecule has 0 aliphatic heterocycles. The Kier molecular flexibility index (Phi) is 6.79. The van der Waals surface area contributed by atoms with Gasteiger partial charge in [0.15, 0.2) is 0 Å². The number of carbonyl (C=O) groups excluding carboxylic acids is 1. The van der Waals surface area contributed by atoms with Crippen molar-refractivity contribution in [3.63, 3.8) is 0 Å². The van der Waals surface area contributed by atoms with E-state index in [4.69, 9.17) is 4.74 Å². The second-order valence-electron chi connectivity index (χ2n) is 4.64. The van der Waals surface area contributed by atoms with Crippen LogP contribution in [-0.4, -0.2) is 52.0 Å². The molecule has 0 heterocycles. The van der Waals surface area contributed by atoms with Crippen molar-refractivity contribution in [1.82, 2.24) is 9.62 Å². The zero-order valence-corrected chi connectivity index (χ0v) is 14.6. The second kappa shape index (κ2) is 7.88. The first-order valence-corrected chi connectivity index (χ1v) is 8.51. The quantitative estimate of drug-likeness (QED) is 0.773. The van der Waals surface area contributed by atoms with Gasteiger partial charge in [0.25, 0.3) is 0 Å². The summed E-state index contributed by atoms with van der Waals surface area (Å²) in [5.74, 6) is -0.372. The number of amides is 1. The van der Waals surface area contributed by atoms with E-state index in [1.807, 2.05) is 0 Å². The zero-order valence-electron chi connectivity index (χ0n) is 12.2. The molecule has 1 amide bonds. The molecular weight excluding hydrogens is 360 g/mol. The highest BCUT2D eigenvalue weighted by Crippen LogP contribution is 2.17. The number of halogens is 1. The normalized spacial score (nSPS) is 13.2. The lowest BCUT2D eigenvalue weighted by Gasteiger charge is -2.19. The molecule has 1 rings (SSSR count). The lowest BCUT2D eigenvalue weighted by molar-refractivity contribution is -0.122. The van der Waals surface area contributed by atoms with E-state index in [2.05, 4.69) is 21.2 Å². The van der Waals surface area contributed by atoms with E-state index in [0.717, 1.165) is 8.78 Å². The Hall–Kier alpha value is -0.960. The van der Waals surface area contributed by atoms with Gasteiger partial charge < -0.3 is 10.1 Å². The van der Waals surface area contributed by atoms with Gasteiger partial charge in [-0.1, -0.05) is 15.9 Å². The molecule has 6 nitrogen and oxygen atoms in total. The Morgan fingerprint density at radius 2 is 1.95 bits per heavy atom. The van der Waals surface area contributed by atoms with Gasteiger partial charge in [0.2, 0.25) is 15.9 Å². The molecule has 1 N–H and O–H groups in total. The van der Waals surface area contributed by atoms with Crippen LogP contribution in [-0.2, 0) is 19.6 Å². The lowest BCUT2D eigenvalue weighted by atomic mass is 10.3. The topological polar surface area (TPSA) is 75.7 Å². The predicted octanol–water partition coefficient (Wildman–Crippen LogP) is 1.22. The Morgan fingerprint density at radius 1 is 1.38 bits per heavy atom. The van der Waals surface area contributed by atoms with Gasteiger partial charge in [-0.05, 0) is 31.2 Å². The van der Waals surface area contributed by atoms with Crippen molar-refractivity contribution in [3.8, 4) is 0 Å². The summed E-state index contributed by atoms with van der Waals surface area (Å²) in [7, 11) is -0.771. The number of benzene rings is 1. The fourth-order valence-corrected chi connectivity index (χ4v) is 3.08. The number of rotatable bonds is 7. The van der Waals surface area contributed by atoms with Gasteiger partial charge in [-0.25, -0.2) is 8.42 Å². The maximum atomic E-state index is 12.3. The first kappa shape index (κ1) is 18.1. The first-order valence-electron chi connectivity index (χ1n) is 6.27. The third-order valence-corrected chi connectivity index (χ3v) is 5.06. The molecule has 0 radical (unpaired) electrons. The van der Waals surface area contributed by atoms with Gasteiger partial charge in [0.1, 0.15) is 0 Å². The Balaban J connectivity index is 2.71. The first-order chi connectivity index (χ1) is 9.77. The van der Waals surface area contributed by atoms with Gasteiger partial charge in [0.05, 0.1) is 18.0 Å². The van der Waals surface area contributed by atoms with Crippen LogP contribution < -0.4 is 5.32 Å². The van der Waals surface area contributed by atoms with Crippen molar-refractivity contribution in [2.45, 2.75) is 17.9 Å². The SMILES string of the molecule is COC[C@@H](C)NC(=O)CN(C)S(=O)(=O)c1ccc(Br)cc1. The summed E-state index contributed by atoms with van der Waals surface area (Å²) in [5.41, 5.74) is 0. The van der Waals surface area contributed by atoms with E-state index in [0.29, 0.717) is 6.61 Å². The molecule has 0 aliphatic rings. The van der Waals surface area contributed by atoms with E-state index >= 15 is 0 Å². The van der Waals surface area contributed by atoms with E-state index in [1.165, 1.54) is 26.3 Å². The Morgan fingerprint density at radius 3 is 2.48 bits per heavy atom. The van der Waals surface area contributed by atoms with Crippen LogP contribution in [0.2, 0.25) is 0 Å². The summed E-state index contributed by atoms with van der Waals surface area (Å²) in [4.78, 5) is 11.9. The van der Waals surface area contributed by atoms with Crippen LogP contribution in [0.25, 0.3) is 0 Å². The van der Waals surface area contributed by atoms with Crippen LogP contribution in [0.15, 0.2) is 33.6 Å². The molecule has 1 aromatic rings. The number of ether oxygens (including phenoxy) is 1. The summed E-state index contributed by atoms with van der Waals surface area (Å²) in [5, 5.41) is 2.67. The van der Waals surface area contributed by atoms with Gasteiger partial charge in [-0.2, -0.15) is 4.31 Å². The van der Waals surface area contributed by atoms with Crippen LogP contribution in [0.5, 0.6) is 0 Å². The summed E-state index contributed by atoms with van der Waals surface area (Å²) < 4.78 is 31.3.